The summed E-state index contributed by atoms with van der Waals surface area (Å²) in [6.07, 6.45) is -7.25. The van der Waals surface area contributed by atoms with Gasteiger partial charge in [-0.05, 0) is 26.0 Å². The van der Waals surface area contributed by atoms with E-state index in [0.29, 0.717) is 10.8 Å². The second-order valence-corrected chi connectivity index (χ2v) is 8.77. The van der Waals surface area contributed by atoms with Gasteiger partial charge in [0.1, 0.15) is 42.9 Å². The first-order chi connectivity index (χ1) is 16.6. The van der Waals surface area contributed by atoms with Gasteiger partial charge in [-0.15, -0.1) is 0 Å². The highest BCUT2D eigenvalue weighted by Gasteiger charge is 2.47. The zero-order valence-electron chi connectivity index (χ0n) is 19.3. The van der Waals surface area contributed by atoms with Crippen molar-refractivity contribution in [2.24, 2.45) is 0 Å². The van der Waals surface area contributed by atoms with Gasteiger partial charge in [-0.1, -0.05) is 0 Å². The lowest BCUT2D eigenvalue weighted by molar-refractivity contribution is -0.332. The molecule has 1 fully saturated rings. The van der Waals surface area contributed by atoms with Crippen molar-refractivity contribution < 1.29 is 53.3 Å². The molecule has 5 N–H and O–H groups in total. The van der Waals surface area contributed by atoms with Crippen molar-refractivity contribution >= 4 is 21.9 Å². The van der Waals surface area contributed by atoms with Gasteiger partial charge < -0.3 is 53.3 Å². The molecule has 0 bridgehead atoms. The van der Waals surface area contributed by atoms with Gasteiger partial charge >= 0.3 is 5.63 Å². The molecule has 0 amide bonds. The Balaban J connectivity index is 1.57. The lowest BCUT2D eigenvalue weighted by Crippen LogP contribution is -2.61. The summed E-state index contributed by atoms with van der Waals surface area (Å²) in [6, 6.07) is 4.37. The zero-order valence-corrected chi connectivity index (χ0v) is 19.3. The van der Waals surface area contributed by atoms with Crippen molar-refractivity contribution in [2.75, 3.05) is 20.3 Å². The van der Waals surface area contributed by atoms with Crippen LogP contribution < -0.4 is 15.1 Å². The molecule has 35 heavy (non-hydrogen) atoms. The van der Waals surface area contributed by atoms with Crippen molar-refractivity contribution in [3.8, 4) is 11.5 Å². The van der Waals surface area contributed by atoms with Crippen LogP contribution in [0.5, 0.6) is 11.5 Å². The normalized spacial score (nSPS) is 26.2. The summed E-state index contributed by atoms with van der Waals surface area (Å²) in [6.45, 7) is 2.12. The monoisotopic (exact) mass is 496 g/mol. The van der Waals surface area contributed by atoms with E-state index in [9.17, 15) is 30.3 Å². The van der Waals surface area contributed by atoms with Gasteiger partial charge in [0.05, 0.1) is 36.4 Å². The number of aliphatic hydroxyl groups excluding tert-OH is 5. The van der Waals surface area contributed by atoms with Crippen LogP contribution in [-0.4, -0.2) is 88.3 Å². The molecule has 0 spiro atoms. The predicted molar refractivity (Wildman–Crippen MR) is 119 cm³/mol. The van der Waals surface area contributed by atoms with Gasteiger partial charge in [0, 0.05) is 6.07 Å². The lowest BCUT2D eigenvalue weighted by Gasteiger charge is -2.43. The van der Waals surface area contributed by atoms with Crippen molar-refractivity contribution in [3.63, 3.8) is 0 Å². The van der Waals surface area contributed by atoms with Crippen LogP contribution in [0.4, 0.5) is 0 Å². The molecule has 4 rings (SSSR count). The fraction of sp³-hybridized carbons (Fsp3) is 0.522. The van der Waals surface area contributed by atoms with Crippen LogP contribution in [0.2, 0.25) is 0 Å². The standard InChI is InChI=1S/C23H28O12/c1-23(2,35-22-17(29)16(28)15(27)12(8-24)33-22)13(25)9-32-18-10-4-5-14(26)34-20(10)21(30-3)19-11(18)6-7-31-19/h4-7,12-13,15-17,22,24-25,27-29H,8-9H2,1-3H3/t12-,13-,15-,16+,17-,22+/m1/s1. The molecule has 3 aromatic rings. The van der Waals surface area contributed by atoms with E-state index in [1.807, 2.05) is 0 Å². The average Bonchev–Trinajstić information content (AvgIpc) is 3.31. The Labute approximate surface area is 198 Å². The number of ether oxygens (including phenoxy) is 4. The maximum absolute atomic E-state index is 11.8. The van der Waals surface area contributed by atoms with Gasteiger partial charge in [-0.25, -0.2) is 4.79 Å². The largest absolute Gasteiger partial charge is 0.490 e. The van der Waals surface area contributed by atoms with Crippen LogP contribution in [0.15, 0.2) is 38.1 Å². The number of hydrogen-bond acceptors (Lipinski definition) is 12. The molecule has 192 valence electrons. The molecule has 0 aliphatic carbocycles. The lowest BCUT2D eigenvalue weighted by atomic mass is 9.98. The minimum Gasteiger partial charge on any atom is -0.490 e. The third kappa shape index (κ3) is 4.61. The van der Waals surface area contributed by atoms with Crippen LogP contribution in [0, 0.1) is 0 Å². The number of methoxy groups -OCH3 is 1. The molecule has 1 aliphatic heterocycles. The number of benzene rings is 1. The maximum atomic E-state index is 11.8. The van der Waals surface area contributed by atoms with Crippen LogP contribution in [0.3, 0.4) is 0 Å². The van der Waals surface area contributed by atoms with E-state index in [1.165, 1.54) is 39.4 Å². The quantitative estimate of drug-likeness (QED) is 0.261. The summed E-state index contributed by atoms with van der Waals surface area (Å²) in [5.74, 6) is 0.493. The van der Waals surface area contributed by atoms with Gasteiger partial charge in [-0.2, -0.15) is 0 Å². The van der Waals surface area contributed by atoms with Crippen molar-refractivity contribution in [1.82, 2.24) is 0 Å². The second-order valence-electron chi connectivity index (χ2n) is 8.77. The average molecular weight is 496 g/mol. The molecule has 0 radical (unpaired) electrons. The first-order valence-electron chi connectivity index (χ1n) is 10.9. The first kappa shape index (κ1) is 25.4. The topological polar surface area (TPSA) is 181 Å². The first-order valence-corrected chi connectivity index (χ1v) is 10.9. The van der Waals surface area contributed by atoms with E-state index in [2.05, 4.69) is 0 Å². The minimum absolute atomic E-state index is 0.115. The molecule has 0 saturated carbocycles. The van der Waals surface area contributed by atoms with Crippen LogP contribution in [-0.2, 0) is 9.47 Å². The Kier molecular flexibility index (Phi) is 7.06. The summed E-state index contributed by atoms with van der Waals surface area (Å²) in [5.41, 5.74) is -1.57. The van der Waals surface area contributed by atoms with Crippen LogP contribution in [0.25, 0.3) is 21.9 Å². The molecule has 12 heteroatoms. The van der Waals surface area contributed by atoms with E-state index in [-0.39, 0.29) is 29.3 Å². The predicted octanol–water partition coefficient (Wildman–Crippen LogP) is -0.117. The fourth-order valence-electron chi connectivity index (χ4n) is 3.92. The molecule has 3 heterocycles. The smallest absolute Gasteiger partial charge is 0.336 e. The zero-order chi connectivity index (χ0) is 25.5. The summed E-state index contributed by atoms with van der Waals surface area (Å²) in [4.78, 5) is 11.8. The highest BCUT2D eigenvalue weighted by Crippen LogP contribution is 2.43. The SMILES string of the molecule is COc1c2occc2c(OC[C@@H](O)C(C)(C)O[C@@H]2O[C@H](CO)[C@@H](O)[C@H](O)[C@H]2O)c2ccc(=O)oc12. The summed E-state index contributed by atoms with van der Waals surface area (Å²) < 4.78 is 33.2. The van der Waals surface area contributed by atoms with E-state index < -0.39 is 54.6 Å². The minimum atomic E-state index is -1.63. The maximum Gasteiger partial charge on any atom is 0.336 e. The van der Waals surface area contributed by atoms with Gasteiger partial charge in [0.25, 0.3) is 0 Å². The number of rotatable bonds is 8. The molecule has 6 atom stereocenters. The Morgan fingerprint density at radius 2 is 1.74 bits per heavy atom. The highest BCUT2D eigenvalue weighted by atomic mass is 16.7. The van der Waals surface area contributed by atoms with Crippen molar-refractivity contribution in [2.45, 2.75) is 56.3 Å². The third-order valence-corrected chi connectivity index (χ3v) is 6.06. The van der Waals surface area contributed by atoms with Gasteiger partial charge in [-0.3, -0.25) is 0 Å². The van der Waals surface area contributed by atoms with Crippen molar-refractivity contribution in [1.29, 1.82) is 0 Å². The van der Waals surface area contributed by atoms with Gasteiger partial charge in [0.2, 0.25) is 5.75 Å². The van der Waals surface area contributed by atoms with E-state index in [4.69, 9.17) is 27.8 Å². The van der Waals surface area contributed by atoms with E-state index >= 15 is 0 Å². The highest BCUT2D eigenvalue weighted by molar-refractivity contribution is 6.06. The molecule has 12 nitrogen and oxygen atoms in total. The van der Waals surface area contributed by atoms with E-state index in [1.54, 1.807) is 6.07 Å². The fourth-order valence-corrected chi connectivity index (χ4v) is 3.92. The Morgan fingerprint density at radius 1 is 1.03 bits per heavy atom. The third-order valence-electron chi connectivity index (χ3n) is 6.06. The summed E-state index contributed by atoms with van der Waals surface area (Å²) >= 11 is 0. The molecule has 2 aromatic heterocycles. The second kappa shape index (κ2) is 9.74. The number of aliphatic hydroxyl groups is 5. The van der Waals surface area contributed by atoms with Crippen LogP contribution in [0.1, 0.15) is 13.8 Å². The number of hydrogen-bond donors (Lipinski definition) is 5. The molecular weight excluding hydrogens is 468 g/mol. The van der Waals surface area contributed by atoms with Gasteiger partial charge in [0.15, 0.2) is 17.5 Å². The van der Waals surface area contributed by atoms with Crippen LogP contribution >= 0.6 is 0 Å². The van der Waals surface area contributed by atoms with E-state index in [0.717, 1.165) is 0 Å². The summed E-state index contributed by atoms with van der Waals surface area (Å²) in [5, 5.41) is 51.3. The Morgan fingerprint density at radius 3 is 2.43 bits per heavy atom. The molecule has 1 aromatic carbocycles. The molecule has 1 saturated heterocycles. The summed E-state index contributed by atoms with van der Waals surface area (Å²) in [7, 11) is 1.41. The number of furan rings is 1. The molecule has 0 unspecified atom stereocenters. The molecule has 1 aliphatic rings. The molecular formula is C23H28O12. The van der Waals surface area contributed by atoms with Crippen molar-refractivity contribution in [3.05, 3.63) is 34.9 Å². The number of fused-ring (bicyclic) bond motifs is 2. The Bertz CT molecular complexity index is 1230. The Hall–Kier alpha value is -2.71.